The highest BCUT2D eigenvalue weighted by atomic mass is 32.2. The first-order valence-electron chi connectivity index (χ1n) is 10.1. The van der Waals surface area contributed by atoms with Crippen molar-refractivity contribution in [3.8, 4) is 0 Å². The van der Waals surface area contributed by atoms with Crippen LogP contribution in [-0.4, -0.2) is 31.7 Å². The van der Waals surface area contributed by atoms with Gasteiger partial charge < -0.3 is 5.32 Å². The number of rotatable bonds is 5. The molecule has 0 bridgehead atoms. The lowest BCUT2D eigenvalue weighted by molar-refractivity contribution is -0.117. The summed E-state index contributed by atoms with van der Waals surface area (Å²) in [5.41, 5.74) is 3.51. The molecule has 2 aromatic rings. The first-order chi connectivity index (χ1) is 13.9. The molecule has 6 heteroatoms. The summed E-state index contributed by atoms with van der Waals surface area (Å²) in [7, 11) is -3.49. The van der Waals surface area contributed by atoms with Gasteiger partial charge in [-0.15, -0.1) is 0 Å². The van der Waals surface area contributed by atoms with Gasteiger partial charge in [0.25, 0.3) is 0 Å². The van der Waals surface area contributed by atoms with E-state index in [2.05, 4.69) is 12.2 Å². The van der Waals surface area contributed by atoms with Gasteiger partial charge in [0.15, 0.2) is 0 Å². The molecule has 1 N–H and O–H groups in total. The van der Waals surface area contributed by atoms with E-state index in [1.165, 1.54) is 0 Å². The van der Waals surface area contributed by atoms with Gasteiger partial charge in [0.1, 0.15) is 0 Å². The van der Waals surface area contributed by atoms with Gasteiger partial charge in [0.05, 0.1) is 4.90 Å². The van der Waals surface area contributed by atoms with Crippen LogP contribution in [0.5, 0.6) is 0 Å². The van der Waals surface area contributed by atoms with E-state index in [9.17, 15) is 13.2 Å². The van der Waals surface area contributed by atoms with Crippen LogP contribution in [0.4, 0.5) is 0 Å². The van der Waals surface area contributed by atoms with E-state index in [4.69, 9.17) is 0 Å². The number of nitrogens with one attached hydrogen (secondary N) is 1. The third-order valence-electron chi connectivity index (χ3n) is 5.80. The van der Waals surface area contributed by atoms with Gasteiger partial charge in [-0.05, 0) is 53.7 Å². The molecule has 2 aromatic carbocycles. The van der Waals surface area contributed by atoms with E-state index in [1.54, 1.807) is 16.4 Å². The van der Waals surface area contributed by atoms with Gasteiger partial charge in [-0.25, -0.2) is 8.42 Å². The van der Waals surface area contributed by atoms with E-state index < -0.39 is 10.0 Å². The zero-order valence-corrected chi connectivity index (χ0v) is 17.4. The van der Waals surface area contributed by atoms with Crippen molar-refractivity contribution in [2.45, 2.75) is 37.6 Å². The van der Waals surface area contributed by atoms with Crippen molar-refractivity contribution in [3.05, 3.63) is 70.8 Å². The highest BCUT2D eigenvalue weighted by Crippen LogP contribution is 2.30. The second-order valence-corrected chi connectivity index (χ2v) is 9.90. The molecule has 1 aliphatic heterocycles. The Morgan fingerprint density at radius 2 is 1.83 bits per heavy atom. The van der Waals surface area contributed by atoms with Gasteiger partial charge in [0.2, 0.25) is 15.9 Å². The summed E-state index contributed by atoms with van der Waals surface area (Å²) in [4.78, 5) is 12.9. The summed E-state index contributed by atoms with van der Waals surface area (Å²) < 4.78 is 27.6. The zero-order chi connectivity index (χ0) is 20.4. The van der Waals surface area contributed by atoms with Crippen LogP contribution in [0.1, 0.15) is 36.5 Å². The highest BCUT2D eigenvalue weighted by Gasteiger charge is 2.29. The van der Waals surface area contributed by atoms with E-state index in [1.807, 2.05) is 42.5 Å². The quantitative estimate of drug-likeness (QED) is 0.822. The third kappa shape index (κ3) is 4.28. The topological polar surface area (TPSA) is 66.5 Å². The number of amides is 1. The molecule has 5 nitrogen and oxygen atoms in total. The summed E-state index contributed by atoms with van der Waals surface area (Å²) >= 11 is 0. The fourth-order valence-corrected chi connectivity index (χ4v) is 5.39. The summed E-state index contributed by atoms with van der Waals surface area (Å²) in [5.74, 6) is 0.459. The average Bonchev–Trinajstić information content (AvgIpc) is 3.16. The smallest absolute Gasteiger partial charge is 0.247 e. The molecule has 0 saturated carbocycles. The van der Waals surface area contributed by atoms with Crippen LogP contribution in [0.15, 0.2) is 59.0 Å². The predicted octanol–water partition coefficient (Wildman–Crippen LogP) is 3.36. The van der Waals surface area contributed by atoms with Gasteiger partial charge in [-0.2, -0.15) is 4.31 Å². The Hall–Kier alpha value is -2.44. The molecule has 1 saturated heterocycles. The third-order valence-corrected chi connectivity index (χ3v) is 7.69. The molecule has 0 radical (unpaired) electrons. The normalized spacial score (nSPS) is 17.6. The number of piperidine rings is 1. The monoisotopic (exact) mass is 410 g/mol. The number of carbonyl (C=O) groups excluding carboxylic acids is 1. The van der Waals surface area contributed by atoms with Crippen molar-refractivity contribution in [1.82, 2.24) is 9.62 Å². The van der Waals surface area contributed by atoms with Crippen molar-refractivity contribution >= 4 is 22.0 Å². The number of sulfonamides is 1. The van der Waals surface area contributed by atoms with Crippen LogP contribution in [-0.2, 0) is 27.8 Å². The number of nitrogens with zero attached hydrogens (tertiary/aromatic N) is 1. The van der Waals surface area contributed by atoms with Crippen molar-refractivity contribution in [3.63, 3.8) is 0 Å². The molecule has 1 heterocycles. The second kappa shape index (κ2) is 8.13. The molecule has 29 heavy (non-hydrogen) atoms. The molecule has 4 rings (SSSR count). The summed E-state index contributed by atoms with van der Waals surface area (Å²) in [6.45, 7) is 3.78. The lowest BCUT2D eigenvalue weighted by Gasteiger charge is -2.29. The van der Waals surface area contributed by atoms with Crippen LogP contribution in [0.3, 0.4) is 0 Å². The lowest BCUT2D eigenvalue weighted by atomic mass is 10.0. The van der Waals surface area contributed by atoms with Crippen molar-refractivity contribution < 1.29 is 13.2 Å². The van der Waals surface area contributed by atoms with E-state index in [0.717, 1.165) is 29.5 Å². The summed E-state index contributed by atoms with van der Waals surface area (Å²) in [6, 6.07) is 15.0. The lowest BCUT2D eigenvalue weighted by Crippen LogP contribution is -2.37. The maximum Gasteiger partial charge on any atom is 0.247 e. The van der Waals surface area contributed by atoms with E-state index in [-0.39, 0.29) is 5.91 Å². The molecule has 1 fully saturated rings. The summed E-state index contributed by atoms with van der Waals surface area (Å²) in [5, 5.41) is 2.94. The molecule has 2 aliphatic rings. The van der Waals surface area contributed by atoms with Crippen LogP contribution in [0.2, 0.25) is 0 Å². The van der Waals surface area contributed by atoms with Crippen molar-refractivity contribution in [1.29, 1.82) is 0 Å². The van der Waals surface area contributed by atoms with E-state index >= 15 is 0 Å². The first-order valence-corrected chi connectivity index (χ1v) is 11.5. The molecule has 0 atom stereocenters. The number of hydrogen-bond donors (Lipinski definition) is 1. The Bertz CT molecular complexity index is 1040. The molecule has 0 unspecified atom stereocenters. The molecule has 1 aliphatic carbocycles. The largest absolute Gasteiger partial charge is 0.348 e. The minimum Gasteiger partial charge on any atom is -0.348 e. The minimum atomic E-state index is -3.49. The van der Waals surface area contributed by atoms with Gasteiger partial charge in [0, 0.05) is 31.6 Å². The van der Waals surface area contributed by atoms with Crippen LogP contribution < -0.4 is 5.32 Å². The molecule has 152 valence electrons. The zero-order valence-electron chi connectivity index (χ0n) is 16.6. The number of fused-ring (bicyclic) bond motifs is 1. The summed E-state index contributed by atoms with van der Waals surface area (Å²) in [6.07, 6.45) is 4.14. The Labute approximate surface area is 172 Å². The predicted molar refractivity (Wildman–Crippen MR) is 114 cm³/mol. The van der Waals surface area contributed by atoms with Gasteiger partial charge in [-0.1, -0.05) is 43.3 Å². The van der Waals surface area contributed by atoms with Crippen molar-refractivity contribution in [2.24, 2.45) is 5.92 Å². The minimum absolute atomic E-state index is 0.112. The number of benzene rings is 2. The van der Waals surface area contributed by atoms with Crippen LogP contribution in [0, 0.1) is 5.92 Å². The number of carbonyl (C=O) groups is 1. The standard InChI is InChI=1S/C23H26N2O3S/c1-17-9-11-25(12-10-17)29(27,28)22-8-7-19-13-21(14-20(19)15-22)23(26)24-16-18-5-3-2-4-6-18/h2-8,14-15,17H,9-13,16H2,1H3,(H,24,26). The van der Waals surface area contributed by atoms with Crippen LogP contribution >= 0.6 is 0 Å². The fraction of sp³-hybridized carbons (Fsp3) is 0.348. The Balaban J connectivity index is 1.47. The number of hydrogen-bond acceptors (Lipinski definition) is 3. The molecule has 0 aromatic heterocycles. The average molecular weight is 411 g/mol. The highest BCUT2D eigenvalue weighted by molar-refractivity contribution is 7.89. The Kier molecular flexibility index (Phi) is 5.56. The Morgan fingerprint density at radius 1 is 1.10 bits per heavy atom. The van der Waals surface area contributed by atoms with E-state index in [0.29, 0.717) is 42.4 Å². The maximum absolute atomic E-state index is 13.0. The molecular weight excluding hydrogens is 384 g/mol. The molecule has 1 amide bonds. The van der Waals surface area contributed by atoms with Crippen LogP contribution in [0.25, 0.3) is 6.08 Å². The second-order valence-electron chi connectivity index (χ2n) is 7.96. The molecule has 0 spiro atoms. The maximum atomic E-state index is 13.0. The van der Waals surface area contributed by atoms with Crippen molar-refractivity contribution in [2.75, 3.05) is 13.1 Å². The molecular formula is C23H26N2O3S. The first kappa shape index (κ1) is 19.9. The SMILES string of the molecule is CC1CCN(S(=O)(=O)c2ccc3c(c2)C=C(C(=O)NCc2ccccc2)C3)CC1. The fourth-order valence-electron chi connectivity index (χ4n) is 3.88. The van der Waals surface area contributed by atoms with Gasteiger partial charge >= 0.3 is 0 Å². The Morgan fingerprint density at radius 3 is 2.55 bits per heavy atom. The van der Waals surface area contributed by atoms with Gasteiger partial charge in [-0.3, -0.25) is 4.79 Å².